The van der Waals surface area contributed by atoms with Crippen molar-refractivity contribution >= 4 is 28.2 Å². The maximum atomic E-state index is 13.0. The molecule has 1 amide bonds. The van der Waals surface area contributed by atoms with E-state index in [2.05, 4.69) is 15.5 Å². The van der Waals surface area contributed by atoms with Gasteiger partial charge in [0.2, 0.25) is 5.91 Å². The molecule has 2 aromatic heterocycles. The Labute approximate surface area is 172 Å². The molecule has 0 saturated heterocycles. The van der Waals surface area contributed by atoms with Crippen LogP contribution in [0.1, 0.15) is 61.7 Å². The standard InChI is InChI=1S/C20H25N3O5S/c1-10(2)16-21-18(28-23-16)15-13-7-8-27-9-14(13)29-19(15)22-17(24)11-5-3-4-6-12(11)20(25)26/h10-12H,3-9H2,1-2H3,(H,22,24)(H,25,26). The summed E-state index contributed by atoms with van der Waals surface area (Å²) in [7, 11) is 0. The number of thiophene rings is 1. The molecule has 2 unspecified atom stereocenters. The first-order valence-electron chi connectivity index (χ1n) is 10.1. The predicted octanol–water partition coefficient (Wildman–Crippen LogP) is 3.82. The molecule has 156 valence electrons. The van der Waals surface area contributed by atoms with Gasteiger partial charge in [0.1, 0.15) is 5.00 Å². The van der Waals surface area contributed by atoms with Crippen LogP contribution in [0.4, 0.5) is 5.00 Å². The number of hydrogen-bond acceptors (Lipinski definition) is 7. The van der Waals surface area contributed by atoms with Crippen molar-refractivity contribution in [2.45, 2.75) is 58.5 Å². The lowest BCUT2D eigenvalue weighted by Gasteiger charge is -2.27. The zero-order chi connectivity index (χ0) is 20.5. The number of aliphatic carboxylic acids is 1. The van der Waals surface area contributed by atoms with Crippen LogP contribution in [0.15, 0.2) is 4.52 Å². The zero-order valence-electron chi connectivity index (χ0n) is 16.6. The Hall–Kier alpha value is -2.26. The Balaban J connectivity index is 1.67. The van der Waals surface area contributed by atoms with Gasteiger partial charge >= 0.3 is 5.97 Å². The summed E-state index contributed by atoms with van der Waals surface area (Å²) in [6, 6.07) is 0. The van der Waals surface area contributed by atoms with Crippen LogP contribution in [0.25, 0.3) is 11.5 Å². The molecule has 8 nitrogen and oxygen atoms in total. The monoisotopic (exact) mass is 419 g/mol. The number of nitrogens with one attached hydrogen (secondary N) is 1. The highest BCUT2D eigenvalue weighted by atomic mass is 32.1. The Morgan fingerprint density at radius 2 is 2.00 bits per heavy atom. The summed E-state index contributed by atoms with van der Waals surface area (Å²) < 4.78 is 11.1. The van der Waals surface area contributed by atoms with E-state index in [1.807, 2.05) is 13.8 Å². The summed E-state index contributed by atoms with van der Waals surface area (Å²) >= 11 is 1.44. The van der Waals surface area contributed by atoms with E-state index in [1.54, 1.807) is 0 Å². The SMILES string of the molecule is CC(C)c1noc(-c2c(NC(=O)C3CCCCC3C(=O)O)sc3c2CCOC3)n1. The van der Waals surface area contributed by atoms with Gasteiger partial charge in [0.25, 0.3) is 5.89 Å². The number of carbonyl (C=O) groups is 2. The van der Waals surface area contributed by atoms with Gasteiger partial charge in [-0.3, -0.25) is 9.59 Å². The zero-order valence-corrected chi connectivity index (χ0v) is 17.4. The highest BCUT2D eigenvalue weighted by molar-refractivity contribution is 7.17. The van der Waals surface area contributed by atoms with E-state index < -0.39 is 17.8 Å². The van der Waals surface area contributed by atoms with Crippen LogP contribution in [0, 0.1) is 11.8 Å². The first kappa shape index (κ1) is 20.0. The third-order valence-corrected chi connectivity index (χ3v) is 6.77. The third-order valence-electron chi connectivity index (χ3n) is 5.65. The number of hydrogen-bond donors (Lipinski definition) is 2. The number of carbonyl (C=O) groups excluding carboxylic acids is 1. The predicted molar refractivity (Wildman–Crippen MR) is 107 cm³/mol. The minimum atomic E-state index is -0.901. The number of carboxylic acid groups (broad SMARTS) is 1. The van der Waals surface area contributed by atoms with Crippen molar-refractivity contribution < 1.29 is 24.0 Å². The van der Waals surface area contributed by atoms with Crippen LogP contribution in [0.3, 0.4) is 0 Å². The number of rotatable bonds is 5. The van der Waals surface area contributed by atoms with E-state index in [0.717, 1.165) is 28.8 Å². The van der Waals surface area contributed by atoms with Crippen LogP contribution >= 0.6 is 11.3 Å². The molecule has 2 aromatic rings. The smallest absolute Gasteiger partial charge is 0.307 e. The Morgan fingerprint density at radius 3 is 2.69 bits per heavy atom. The molecule has 1 aliphatic carbocycles. The fourth-order valence-electron chi connectivity index (χ4n) is 4.06. The van der Waals surface area contributed by atoms with E-state index in [9.17, 15) is 14.7 Å². The summed E-state index contributed by atoms with van der Waals surface area (Å²) in [6.07, 6.45) is 3.54. The van der Waals surface area contributed by atoms with Crippen molar-refractivity contribution in [1.29, 1.82) is 0 Å². The van der Waals surface area contributed by atoms with Crippen LogP contribution in [0.5, 0.6) is 0 Å². The van der Waals surface area contributed by atoms with Gasteiger partial charge in [0, 0.05) is 10.8 Å². The molecule has 0 aromatic carbocycles. The Kier molecular flexibility index (Phi) is 5.69. The van der Waals surface area contributed by atoms with Crippen LogP contribution < -0.4 is 5.32 Å². The summed E-state index contributed by atoms with van der Waals surface area (Å²) in [6.45, 7) is 5.06. The average Bonchev–Trinajstić information content (AvgIpc) is 3.32. The van der Waals surface area contributed by atoms with Gasteiger partial charge in [-0.15, -0.1) is 11.3 Å². The lowest BCUT2D eigenvalue weighted by atomic mass is 9.79. The number of carboxylic acids is 1. The molecule has 2 N–H and O–H groups in total. The number of anilines is 1. The fourth-order valence-corrected chi connectivity index (χ4v) is 5.24. The molecule has 3 heterocycles. The molecule has 4 rings (SSSR count). The van der Waals surface area contributed by atoms with Crippen LogP contribution in [-0.4, -0.2) is 33.7 Å². The number of nitrogens with zero attached hydrogens (tertiary/aromatic N) is 2. The normalized spacial score (nSPS) is 21.8. The van der Waals surface area contributed by atoms with Crippen molar-refractivity contribution in [2.75, 3.05) is 11.9 Å². The van der Waals surface area contributed by atoms with Gasteiger partial charge in [0.15, 0.2) is 5.82 Å². The van der Waals surface area contributed by atoms with Crippen molar-refractivity contribution in [3.8, 4) is 11.5 Å². The fraction of sp³-hybridized carbons (Fsp3) is 0.600. The first-order valence-corrected chi connectivity index (χ1v) is 10.9. The van der Waals surface area contributed by atoms with Gasteiger partial charge in [-0.1, -0.05) is 31.8 Å². The highest BCUT2D eigenvalue weighted by Crippen LogP contribution is 2.43. The van der Waals surface area contributed by atoms with E-state index >= 15 is 0 Å². The Bertz CT molecular complexity index is 919. The molecule has 29 heavy (non-hydrogen) atoms. The molecule has 0 radical (unpaired) electrons. The van der Waals surface area contributed by atoms with E-state index in [4.69, 9.17) is 9.26 Å². The molecular weight excluding hydrogens is 394 g/mol. The molecule has 0 bridgehead atoms. The van der Waals surface area contributed by atoms with Crippen LogP contribution in [0.2, 0.25) is 0 Å². The molecule has 9 heteroatoms. The summed E-state index contributed by atoms with van der Waals surface area (Å²) in [5.41, 5.74) is 1.82. The minimum Gasteiger partial charge on any atom is -0.481 e. The minimum absolute atomic E-state index is 0.127. The topological polar surface area (TPSA) is 115 Å². The quantitative estimate of drug-likeness (QED) is 0.757. The second-order valence-electron chi connectivity index (χ2n) is 7.95. The molecule has 0 spiro atoms. The largest absolute Gasteiger partial charge is 0.481 e. The van der Waals surface area contributed by atoms with Gasteiger partial charge in [-0.2, -0.15) is 4.98 Å². The lowest BCUT2D eigenvalue weighted by molar-refractivity contribution is -0.147. The van der Waals surface area contributed by atoms with Crippen molar-refractivity contribution in [3.05, 3.63) is 16.3 Å². The second-order valence-corrected chi connectivity index (χ2v) is 9.05. The molecule has 2 aliphatic rings. The summed E-state index contributed by atoms with van der Waals surface area (Å²) in [5.74, 6) is -1.19. The van der Waals surface area contributed by atoms with Gasteiger partial charge in [0.05, 0.1) is 30.6 Å². The summed E-state index contributed by atoms with van der Waals surface area (Å²) in [5, 5.41) is 17.2. The Morgan fingerprint density at radius 1 is 1.24 bits per heavy atom. The second kappa shape index (κ2) is 8.23. The molecule has 1 saturated carbocycles. The average molecular weight is 420 g/mol. The van der Waals surface area contributed by atoms with Crippen molar-refractivity contribution in [2.24, 2.45) is 11.8 Å². The molecule has 1 fully saturated rings. The lowest BCUT2D eigenvalue weighted by Crippen LogP contribution is -2.36. The van der Waals surface area contributed by atoms with E-state index in [0.29, 0.717) is 49.2 Å². The van der Waals surface area contributed by atoms with Crippen molar-refractivity contribution in [1.82, 2.24) is 10.1 Å². The number of aromatic nitrogens is 2. The molecular formula is C20H25N3O5S. The van der Waals surface area contributed by atoms with E-state index in [-0.39, 0.29) is 11.8 Å². The van der Waals surface area contributed by atoms with Crippen LogP contribution in [-0.2, 0) is 27.4 Å². The molecule has 2 atom stereocenters. The van der Waals surface area contributed by atoms with Gasteiger partial charge < -0.3 is 19.7 Å². The highest BCUT2D eigenvalue weighted by Gasteiger charge is 2.37. The first-order chi connectivity index (χ1) is 14.0. The third kappa shape index (κ3) is 3.93. The number of ether oxygens (including phenoxy) is 1. The van der Waals surface area contributed by atoms with E-state index in [1.165, 1.54) is 11.3 Å². The van der Waals surface area contributed by atoms with Gasteiger partial charge in [-0.25, -0.2) is 0 Å². The summed E-state index contributed by atoms with van der Waals surface area (Å²) in [4.78, 5) is 30.2. The number of fused-ring (bicyclic) bond motifs is 1. The van der Waals surface area contributed by atoms with Crippen molar-refractivity contribution in [3.63, 3.8) is 0 Å². The number of amides is 1. The van der Waals surface area contributed by atoms with Gasteiger partial charge in [-0.05, 0) is 24.8 Å². The molecule has 1 aliphatic heterocycles. The maximum absolute atomic E-state index is 13.0. The maximum Gasteiger partial charge on any atom is 0.307 e.